The first-order chi connectivity index (χ1) is 13.0. The molecule has 1 aromatic carbocycles. The first-order valence-electron chi connectivity index (χ1n) is 9.52. The highest BCUT2D eigenvalue weighted by Crippen LogP contribution is 2.20. The summed E-state index contributed by atoms with van der Waals surface area (Å²) in [6.07, 6.45) is 0.447. The van der Waals surface area contributed by atoms with Gasteiger partial charge in [-0.3, -0.25) is 9.59 Å². The number of likely N-dealkylation sites (N-methyl/N-ethyl adjacent to an activating group) is 1. The summed E-state index contributed by atoms with van der Waals surface area (Å²) < 4.78 is 0. The van der Waals surface area contributed by atoms with E-state index in [1.165, 1.54) is 17.0 Å². The highest BCUT2D eigenvalue weighted by atomic mass is 32.1. The summed E-state index contributed by atoms with van der Waals surface area (Å²) in [4.78, 5) is 30.9. The fourth-order valence-corrected chi connectivity index (χ4v) is 4.07. The molecule has 1 aliphatic rings. The second-order valence-corrected chi connectivity index (χ2v) is 8.14. The molecule has 0 radical (unpaired) electrons. The molecule has 2 heterocycles. The summed E-state index contributed by atoms with van der Waals surface area (Å²) in [6.45, 7) is 9.52. The number of carbonyl (C=O) groups is 2. The zero-order chi connectivity index (χ0) is 19.2. The van der Waals surface area contributed by atoms with E-state index < -0.39 is 0 Å². The molecular formula is C21H27N3O2S. The minimum absolute atomic E-state index is 0.0322. The van der Waals surface area contributed by atoms with Crippen LogP contribution in [-0.4, -0.2) is 49.3 Å². The molecule has 27 heavy (non-hydrogen) atoms. The van der Waals surface area contributed by atoms with Gasteiger partial charge in [0.2, 0.25) is 5.91 Å². The number of rotatable bonds is 7. The van der Waals surface area contributed by atoms with Crippen molar-refractivity contribution in [2.45, 2.75) is 26.7 Å². The third-order valence-corrected chi connectivity index (χ3v) is 5.97. The van der Waals surface area contributed by atoms with Crippen molar-refractivity contribution in [3.63, 3.8) is 0 Å². The Bertz CT molecular complexity index is 777. The van der Waals surface area contributed by atoms with Crippen molar-refractivity contribution in [2.75, 3.05) is 42.9 Å². The molecule has 0 spiro atoms. The summed E-state index contributed by atoms with van der Waals surface area (Å²) >= 11 is 1.48. The number of anilines is 2. The van der Waals surface area contributed by atoms with Gasteiger partial charge in [-0.25, -0.2) is 0 Å². The number of benzene rings is 1. The molecule has 0 saturated carbocycles. The molecule has 2 aromatic rings. The quantitative estimate of drug-likeness (QED) is 0.737. The fraction of sp³-hybridized carbons (Fsp3) is 0.429. The fourth-order valence-electron chi connectivity index (χ4n) is 3.24. The van der Waals surface area contributed by atoms with Gasteiger partial charge >= 0.3 is 0 Å². The Morgan fingerprint density at radius 2 is 1.70 bits per heavy atom. The van der Waals surface area contributed by atoms with E-state index in [1.807, 2.05) is 31.2 Å². The van der Waals surface area contributed by atoms with E-state index in [-0.39, 0.29) is 24.5 Å². The molecule has 0 unspecified atom stereocenters. The van der Waals surface area contributed by atoms with Crippen LogP contribution in [0, 0.1) is 6.92 Å². The Kier molecular flexibility index (Phi) is 6.63. The smallest absolute Gasteiger partial charge is 0.224 e. The van der Waals surface area contributed by atoms with Gasteiger partial charge in [0.25, 0.3) is 0 Å². The molecule has 144 valence electrons. The summed E-state index contributed by atoms with van der Waals surface area (Å²) in [5.74, 6) is -0.0919. The first-order valence-corrected chi connectivity index (χ1v) is 10.3. The summed E-state index contributed by atoms with van der Waals surface area (Å²) in [5, 5.41) is 2.89. The zero-order valence-corrected chi connectivity index (χ0v) is 16.8. The average Bonchev–Trinajstić information content (AvgIpc) is 3.13. The molecule has 0 atom stereocenters. The number of Topliss-reactive ketones (excluding diaryl/α,β-unsaturated/α-hetero) is 1. The van der Waals surface area contributed by atoms with E-state index >= 15 is 0 Å². The van der Waals surface area contributed by atoms with Crippen LogP contribution in [0.2, 0.25) is 0 Å². The minimum Gasteiger partial charge on any atom is -0.369 e. The summed E-state index contributed by atoms with van der Waals surface area (Å²) in [6, 6.07) is 11.7. The number of nitrogens with one attached hydrogen (secondary N) is 1. The van der Waals surface area contributed by atoms with E-state index in [9.17, 15) is 9.59 Å². The normalized spacial score (nSPS) is 15.0. The number of piperazine rings is 1. The second kappa shape index (κ2) is 9.15. The molecule has 3 rings (SSSR count). The van der Waals surface area contributed by atoms with Crippen LogP contribution in [0.3, 0.4) is 0 Å². The average molecular weight is 386 g/mol. The lowest BCUT2D eigenvalue weighted by Gasteiger charge is -2.35. The van der Waals surface area contributed by atoms with E-state index in [0.29, 0.717) is 0 Å². The zero-order valence-electron chi connectivity index (χ0n) is 16.0. The Morgan fingerprint density at radius 1 is 1.00 bits per heavy atom. The maximum Gasteiger partial charge on any atom is 0.224 e. The SMILES string of the molecule is CCN1CCN(c2ccc(NC(=O)CCC(=O)c3ccc(C)s3)cc2)CC1. The van der Waals surface area contributed by atoms with Crippen LogP contribution in [0.15, 0.2) is 36.4 Å². The van der Waals surface area contributed by atoms with Crippen molar-refractivity contribution in [2.24, 2.45) is 0 Å². The van der Waals surface area contributed by atoms with Gasteiger partial charge in [0.05, 0.1) is 4.88 Å². The third-order valence-electron chi connectivity index (χ3n) is 4.93. The van der Waals surface area contributed by atoms with Crippen molar-refractivity contribution in [1.82, 2.24) is 4.90 Å². The molecule has 1 fully saturated rings. The minimum atomic E-state index is -0.124. The van der Waals surface area contributed by atoms with Gasteiger partial charge in [0.1, 0.15) is 0 Å². The van der Waals surface area contributed by atoms with E-state index in [2.05, 4.69) is 34.2 Å². The Morgan fingerprint density at radius 3 is 2.30 bits per heavy atom. The molecule has 1 saturated heterocycles. The molecule has 6 heteroatoms. The predicted molar refractivity (Wildman–Crippen MR) is 112 cm³/mol. The predicted octanol–water partition coefficient (Wildman–Crippen LogP) is 3.80. The number of ketones is 1. The summed E-state index contributed by atoms with van der Waals surface area (Å²) in [7, 11) is 0. The lowest BCUT2D eigenvalue weighted by molar-refractivity contribution is -0.116. The van der Waals surface area contributed by atoms with E-state index in [0.717, 1.165) is 48.2 Å². The van der Waals surface area contributed by atoms with Crippen LogP contribution in [0.25, 0.3) is 0 Å². The Labute approximate surface area is 165 Å². The number of aryl methyl sites for hydroxylation is 1. The standard InChI is InChI=1S/C21H27N3O2S/c1-3-23-12-14-24(15-13-23)18-7-5-17(6-8-18)22-21(26)11-9-19(25)20-10-4-16(2)27-20/h4-8,10H,3,9,11-15H2,1-2H3,(H,22,26). The van der Waals surface area contributed by atoms with Crippen LogP contribution in [0.5, 0.6) is 0 Å². The van der Waals surface area contributed by atoms with E-state index in [1.54, 1.807) is 0 Å². The van der Waals surface area contributed by atoms with Crippen LogP contribution >= 0.6 is 11.3 Å². The Hall–Kier alpha value is -2.18. The number of hydrogen-bond acceptors (Lipinski definition) is 5. The Balaban J connectivity index is 1.46. The number of thiophene rings is 1. The maximum atomic E-state index is 12.1. The van der Waals surface area contributed by atoms with Crippen molar-refractivity contribution in [1.29, 1.82) is 0 Å². The summed E-state index contributed by atoms with van der Waals surface area (Å²) in [5.41, 5.74) is 1.96. The van der Waals surface area contributed by atoms with Gasteiger partial charge in [0, 0.05) is 55.3 Å². The van der Waals surface area contributed by atoms with Crippen molar-refractivity contribution < 1.29 is 9.59 Å². The number of amides is 1. The van der Waals surface area contributed by atoms with Gasteiger partial charge in [-0.2, -0.15) is 0 Å². The molecular weight excluding hydrogens is 358 g/mol. The lowest BCUT2D eigenvalue weighted by Crippen LogP contribution is -2.46. The number of carbonyl (C=O) groups excluding carboxylic acids is 2. The molecule has 0 bridgehead atoms. The topological polar surface area (TPSA) is 52.6 Å². The maximum absolute atomic E-state index is 12.1. The molecule has 1 N–H and O–H groups in total. The second-order valence-electron chi connectivity index (χ2n) is 6.85. The molecule has 1 amide bonds. The van der Waals surface area contributed by atoms with Gasteiger partial charge in [-0.05, 0) is 49.9 Å². The monoisotopic (exact) mass is 385 g/mol. The molecule has 0 aliphatic carbocycles. The molecule has 5 nitrogen and oxygen atoms in total. The molecule has 1 aromatic heterocycles. The van der Waals surface area contributed by atoms with Gasteiger partial charge < -0.3 is 15.1 Å². The number of nitrogens with zero attached hydrogens (tertiary/aromatic N) is 2. The van der Waals surface area contributed by atoms with Crippen molar-refractivity contribution in [3.8, 4) is 0 Å². The van der Waals surface area contributed by atoms with Crippen LogP contribution in [0.1, 0.15) is 34.3 Å². The third kappa shape index (κ3) is 5.40. The van der Waals surface area contributed by atoms with Crippen LogP contribution < -0.4 is 10.2 Å². The highest BCUT2D eigenvalue weighted by Gasteiger charge is 2.16. The van der Waals surface area contributed by atoms with Gasteiger partial charge in [0.15, 0.2) is 5.78 Å². The van der Waals surface area contributed by atoms with E-state index in [4.69, 9.17) is 0 Å². The molecule has 1 aliphatic heterocycles. The van der Waals surface area contributed by atoms with Gasteiger partial charge in [-0.15, -0.1) is 11.3 Å². The lowest BCUT2D eigenvalue weighted by atomic mass is 10.2. The van der Waals surface area contributed by atoms with Crippen LogP contribution in [0.4, 0.5) is 11.4 Å². The number of hydrogen-bond donors (Lipinski definition) is 1. The van der Waals surface area contributed by atoms with Gasteiger partial charge in [-0.1, -0.05) is 6.92 Å². The van der Waals surface area contributed by atoms with Crippen molar-refractivity contribution in [3.05, 3.63) is 46.2 Å². The largest absolute Gasteiger partial charge is 0.369 e. The highest BCUT2D eigenvalue weighted by molar-refractivity contribution is 7.14. The van der Waals surface area contributed by atoms with Crippen LogP contribution in [-0.2, 0) is 4.79 Å². The van der Waals surface area contributed by atoms with Crippen molar-refractivity contribution >= 4 is 34.4 Å². The first kappa shape index (κ1) is 19.6.